The van der Waals surface area contributed by atoms with E-state index >= 15 is 0 Å². The van der Waals surface area contributed by atoms with Gasteiger partial charge < -0.3 is 26.3 Å². The fourth-order valence-electron chi connectivity index (χ4n) is 3.72. The van der Waals surface area contributed by atoms with E-state index in [1.54, 1.807) is 6.20 Å². The Morgan fingerprint density at radius 2 is 2.07 bits per heavy atom. The summed E-state index contributed by atoms with van der Waals surface area (Å²) in [7, 11) is 0. The molecule has 4 rings (SSSR count). The monoisotopic (exact) mass is 392 g/mol. The highest BCUT2D eigenvalue weighted by Gasteiger charge is 2.25. The number of fused-ring (bicyclic) bond motifs is 1. The zero-order valence-electron chi connectivity index (χ0n) is 16.0. The fraction of sp³-hybridized carbons (Fsp3) is 0.286. The summed E-state index contributed by atoms with van der Waals surface area (Å²) in [6, 6.07) is 11.6. The molecule has 1 aromatic carbocycles. The predicted octanol–water partition coefficient (Wildman–Crippen LogP) is 2.45. The largest absolute Gasteiger partial charge is 0.379 e. The molecule has 1 atom stereocenters. The summed E-state index contributed by atoms with van der Waals surface area (Å²) < 4.78 is 0. The van der Waals surface area contributed by atoms with Crippen LogP contribution >= 0.6 is 0 Å². The first kappa shape index (κ1) is 18.8. The quantitative estimate of drug-likeness (QED) is 0.534. The number of H-pyrrole nitrogens is 1. The molecule has 8 nitrogen and oxygen atoms in total. The van der Waals surface area contributed by atoms with Gasteiger partial charge in [0.05, 0.1) is 11.3 Å². The highest BCUT2D eigenvalue weighted by Crippen LogP contribution is 2.27. The van der Waals surface area contributed by atoms with E-state index in [0.29, 0.717) is 36.5 Å². The van der Waals surface area contributed by atoms with Crippen molar-refractivity contribution in [3.63, 3.8) is 0 Å². The summed E-state index contributed by atoms with van der Waals surface area (Å²) in [5.41, 5.74) is 8.31. The Morgan fingerprint density at radius 1 is 1.24 bits per heavy atom. The molecule has 0 aliphatic carbocycles. The van der Waals surface area contributed by atoms with Gasteiger partial charge in [-0.05, 0) is 24.5 Å². The van der Waals surface area contributed by atoms with Crippen molar-refractivity contribution in [1.29, 1.82) is 0 Å². The van der Waals surface area contributed by atoms with Crippen LogP contribution in [-0.4, -0.2) is 45.9 Å². The number of aromatic amines is 1. The molecule has 3 aromatic rings. The number of carbonyl (C=O) groups is 2. The van der Waals surface area contributed by atoms with Crippen molar-refractivity contribution >= 4 is 28.7 Å². The second kappa shape index (κ2) is 8.22. The number of piperidine rings is 1. The normalized spacial score (nSPS) is 16.6. The number of nitrogens with zero attached hydrogens (tertiary/aromatic N) is 2. The summed E-state index contributed by atoms with van der Waals surface area (Å²) in [4.78, 5) is 33.6. The molecule has 29 heavy (non-hydrogen) atoms. The molecule has 0 radical (unpaired) electrons. The van der Waals surface area contributed by atoms with E-state index in [1.165, 1.54) is 6.20 Å². The molecule has 3 amide bonds. The first-order valence-electron chi connectivity index (χ1n) is 9.71. The van der Waals surface area contributed by atoms with Crippen LogP contribution in [0.25, 0.3) is 11.0 Å². The molecule has 0 saturated carbocycles. The van der Waals surface area contributed by atoms with Gasteiger partial charge >= 0.3 is 6.03 Å². The highest BCUT2D eigenvalue weighted by atomic mass is 16.2. The number of pyridine rings is 1. The number of nitrogens with two attached hydrogens (primary N) is 1. The van der Waals surface area contributed by atoms with Crippen molar-refractivity contribution in [2.75, 3.05) is 18.4 Å². The molecule has 150 valence electrons. The SMILES string of the molecule is NC(=O)c1cnc2[nH]ccc2c1N[C@@H]1CCCN(C(=O)NCc2ccccc2)C1. The fourth-order valence-corrected chi connectivity index (χ4v) is 3.72. The van der Waals surface area contributed by atoms with Crippen molar-refractivity contribution in [3.05, 3.63) is 59.9 Å². The summed E-state index contributed by atoms with van der Waals surface area (Å²) in [5, 5.41) is 7.23. The van der Waals surface area contributed by atoms with Gasteiger partial charge in [0, 0.05) is 43.5 Å². The van der Waals surface area contributed by atoms with Gasteiger partial charge in [0.1, 0.15) is 5.65 Å². The maximum Gasteiger partial charge on any atom is 0.317 e. The summed E-state index contributed by atoms with van der Waals surface area (Å²) in [6.07, 6.45) is 5.03. The smallest absolute Gasteiger partial charge is 0.317 e. The minimum Gasteiger partial charge on any atom is -0.379 e. The van der Waals surface area contributed by atoms with Crippen LogP contribution in [0.3, 0.4) is 0 Å². The number of benzene rings is 1. The molecular weight excluding hydrogens is 368 g/mol. The zero-order chi connectivity index (χ0) is 20.2. The second-order valence-electron chi connectivity index (χ2n) is 7.22. The predicted molar refractivity (Wildman–Crippen MR) is 112 cm³/mol. The first-order chi connectivity index (χ1) is 14.1. The average Bonchev–Trinajstić information content (AvgIpc) is 3.22. The van der Waals surface area contributed by atoms with Crippen LogP contribution in [-0.2, 0) is 6.54 Å². The lowest BCUT2D eigenvalue weighted by Gasteiger charge is -2.34. The van der Waals surface area contributed by atoms with Crippen LogP contribution in [0.2, 0.25) is 0 Å². The molecule has 1 saturated heterocycles. The molecule has 1 aliphatic rings. The Labute approximate surface area is 168 Å². The van der Waals surface area contributed by atoms with Gasteiger partial charge in [-0.1, -0.05) is 30.3 Å². The first-order valence-corrected chi connectivity index (χ1v) is 9.71. The van der Waals surface area contributed by atoms with E-state index in [0.717, 1.165) is 23.8 Å². The number of amides is 3. The molecule has 0 bridgehead atoms. The minimum atomic E-state index is -0.531. The Kier molecular flexibility index (Phi) is 5.33. The lowest BCUT2D eigenvalue weighted by Crippen LogP contribution is -2.49. The summed E-state index contributed by atoms with van der Waals surface area (Å²) in [5.74, 6) is -0.531. The van der Waals surface area contributed by atoms with Gasteiger partial charge in [-0.15, -0.1) is 0 Å². The van der Waals surface area contributed by atoms with E-state index in [9.17, 15) is 9.59 Å². The van der Waals surface area contributed by atoms with Crippen LogP contribution in [0.5, 0.6) is 0 Å². The number of likely N-dealkylation sites (tertiary alicyclic amines) is 1. The number of hydrogen-bond acceptors (Lipinski definition) is 4. The number of anilines is 1. The van der Waals surface area contributed by atoms with Crippen LogP contribution in [0, 0.1) is 0 Å². The van der Waals surface area contributed by atoms with Gasteiger partial charge in [-0.3, -0.25) is 4.79 Å². The van der Waals surface area contributed by atoms with Gasteiger partial charge in [-0.25, -0.2) is 9.78 Å². The van der Waals surface area contributed by atoms with E-state index in [2.05, 4.69) is 20.6 Å². The zero-order valence-corrected chi connectivity index (χ0v) is 16.0. The molecule has 1 aliphatic heterocycles. The summed E-state index contributed by atoms with van der Waals surface area (Å²) >= 11 is 0. The van der Waals surface area contributed by atoms with Crippen molar-refractivity contribution in [1.82, 2.24) is 20.2 Å². The molecule has 8 heteroatoms. The topological polar surface area (TPSA) is 116 Å². The van der Waals surface area contributed by atoms with Crippen molar-refractivity contribution in [3.8, 4) is 0 Å². The molecular formula is C21H24N6O2. The Morgan fingerprint density at radius 3 is 2.86 bits per heavy atom. The third kappa shape index (κ3) is 4.16. The molecule has 3 heterocycles. The Hall–Kier alpha value is -3.55. The molecule has 5 N–H and O–H groups in total. The lowest BCUT2D eigenvalue weighted by molar-refractivity contribution is 0.100. The number of hydrogen-bond donors (Lipinski definition) is 4. The van der Waals surface area contributed by atoms with Crippen molar-refractivity contribution < 1.29 is 9.59 Å². The Balaban J connectivity index is 1.44. The van der Waals surface area contributed by atoms with E-state index in [-0.39, 0.29) is 12.1 Å². The third-order valence-corrected chi connectivity index (χ3v) is 5.20. The number of carbonyl (C=O) groups excluding carboxylic acids is 2. The highest BCUT2D eigenvalue weighted by molar-refractivity contribution is 6.06. The standard InChI is InChI=1S/C21H24N6O2/c22-19(28)17-12-24-20-16(8-9-23-20)18(17)26-15-7-4-10-27(13-15)21(29)25-11-14-5-2-1-3-6-14/h1-3,5-6,8-9,12,15H,4,7,10-11,13H2,(H2,22,28)(H,25,29)(H2,23,24,26)/t15-/m1/s1. The van der Waals surface area contributed by atoms with E-state index < -0.39 is 5.91 Å². The molecule has 0 spiro atoms. The van der Waals surface area contributed by atoms with Gasteiger partial charge in [0.2, 0.25) is 0 Å². The van der Waals surface area contributed by atoms with Crippen LogP contribution < -0.4 is 16.4 Å². The number of aromatic nitrogens is 2. The minimum absolute atomic E-state index is 0.0184. The van der Waals surface area contributed by atoms with Crippen LogP contribution in [0.1, 0.15) is 28.8 Å². The van der Waals surface area contributed by atoms with E-state index in [4.69, 9.17) is 5.73 Å². The maximum atomic E-state index is 12.6. The van der Waals surface area contributed by atoms with Crippen molar-refractivity contribution in [2.45, 2.75) is 25.4 Å². The number of rotatable bonds is 5. The summed E-state index contributed by atoms with van der Waals surface area (Å²) in [6.45, 7) is 1.75. The number of nitrogens with one attached hydrogen (secondary N) is 3. The Bertz CT molecular complexity index is 1020. The van der Waals surface area contributed by atoms with E-state index in [1.807, 2.05) is 41.3 Å². The molecule has 1 fully saturated rings. The van der Waals surface area contributed by atoms with Gasteiger partial charge in [0.25, 0.3) is 5.91 Å². The molecule has 0 unspecified atom stereocenters. The van der Waals surface area contributed by atoms with Gasteiger partial charge in [-0.2, -0.15) is 0 Å². The van der Waals surface area contributed by atoms with Crippen LogP contribution in [0.4, 0.5) is 10.5 Å². The number of urea groups is 1. The molecule has 2 aromatic heterocycles. The second-order valence-corrected chi connectivity index (χ2v) is 7.22. The van der Waals surface area contributed by atoms with Gasteiger partial charge in [0.15, 0.2) is 0 Å². The average molecular weight is 392 g/mol. The van der Waals surface area contributed by atoms with Crippen LogP contribution in [0.15, 0.2) is 48.8 Å². The third-order valence-electron chi connectivity index (χ3n) is 5.20. The lowest BCUT2D eigenvalue weighted by atomic mass is 10.0. The van der Waals surface area contributed by atoms with Crippen molar-refractivity contribution in [2.24, 2.45) is 5.73 Å². The number of primary amides is 1. The maximum absolute atomic E-state index is 12.6.